The van der Waals surface area contributed by atoms with Crippen LogP contribution in [-0.4, -0.2) is 45.6 Å². The van der Waals surface area contributed by atoms with Gasteiger partial charge < -0.3 is 4.74 Å². The van der Waals surface area contributed by atoms with Gasteiger partial charge in [0.05, 0.1) is 7.11 Å². The second-order valence-electron chi connectivity index (χ2n) is 5.47. The Morgan fingerprint density at radius 1 is 1.14 bits per heavy atom. The van der Waals surface area contributed by atoms with Crippen LogP contribution in [0.5, 0.6) is 5.75 Å². The van der Waals surface area contributed by atoms with Crippen molar-refractivity contribution in [3.05, 3.63) is 24.3 Å². The van der Waals surface area contributed by atoms with Gasteiger partial charge in [-0.05, 0) is 39.8 Å². The van der Waals surface area contributed by atoms with E-state index in [0.717, 1.165) is 0 Å². The van der Waals surface area contributed by atoms with E-state index in [4.69, 9.17) is 4.74 Å². The van der Waals surface area contributed by atoms with Gasteiger partial charge in [0, 0.05) is 25.2 Å². The van der Waals surface area contributed by atoms with E-state index in [-0.39, 0.29) is 4.90 Å². The van der Waals surface area contributed by atoms with Crippen molar-refractivity contribution in [3.8, 4) is 5.75 Å². The molecule has 0 atom stereocenters. The summed E-state index contributed by atoms with van der Waals surface area (Å²) in [6, 6.07) is 7.37. The molecular weight excluding hydrogens is 288 g/mol. The third-order valence-electron chi connectivity index (χ3n) is 3.35. The van der Waals surface area contributed by atoms with Gasteiger partial charge in [0.25, 0.3) is 0 Å². The Bertz CT molecular complexity index is 534. The van der Waals surface area contributed by atoms with Crippen molar-refractivity contribution in [2.75, 3.05) is 20.2 Å². The van der Waals surface area contributed by atoms with Crippen LogP contribution in [0.25, 0.3) is 0 Å². The van der Waals surface area contributed by atoms with Gasteiger partial charge in [0.2, 0.25) is 10.0 Å². The van der Waals surface area contributed by atoms with Crippen molar-refractivity contribution in [2.24, 2.45) is 0 Å². The zero-order valence-electron chi connectivity index (χ0n) is 13.5. The maximum atomic E-state index is 12.3. The predicted molar refractivity (Wildman–Crippen MR) is 85.2 cm³/mol. The van der Waals surface area contributed by atoms with Gasteiger partial charge in [-0.1, -0.05) is 12.1 Å². The molecule has 0 aliphatic rings. The molecule has 0 spiro atoms. The molecule has 0 fully saturated rings. The highest BCUT2D eigenvalue weighted by molar-refractivity contribution is 7.89. The largest absolute Gasteiger partial charge is 0.495 e. The van der Waals surface area contributed by atoms with E-state index in [9.17, 15) is 8.42 Å². The van der Waals surface area contributed by atoms with Crippen molar-refractivity contribution in [2.45, 2.75) is 44.7 Å². The fourth-order valence-corrected chi connectivity index (χ4v) is 3.53. The maximum absolute atomic E-state index is 12.3. The SMILES string of the molecule is COc1ccccc1S(=O)(=O)NCCN(C(C)C)C(C)C. The normalized spacial score (nSPS) is 12.4. The average molecular weight is 314 g/mol. The first-order valence-electron chi connectivity index (χ1n) is 7.18. The standard InChI is InChI=1S/C15H26N2O3S/c1-12(2)17(13(3)4)11-10-16-21(18,19)15-9-7-6-8-14(15)20-5/h6-9,12-13,16H,10-11H2,1-5H3. The topological polar surface area (TPSA) is 58.6 Å². The van der Waals surface area contributed by atoms with Crippen molar-refractivity contribution < 1.29 is 13.2 Å². The zero-order valence-corrected chi connectivity index (χ0v) is 14.3. The van der Waals surface area contributed by atoms with Crippen LogP contribution in [0.4, 0.5) is 0 Å². The number of para-hydroxylation sites is 1. The smallest absolute Gasteiger partial charge is 0.244 e. The molecule has 0 bridgehead atoms. The van der Waals surface area contributed by atoms with Gasteiger partial charge in [0.15, 0.2) is 0 Å². The van der Waals surface area contributed by atoms with Gasteiger partial charge >= 0.3 is 0 Å². The molecule has 5 nitrogen and oxygen atoms in total. The molecule has 6 heteroatoms. The Morgan fingerprint density at radius 2 is 1.71 bits per heavy atom. The van der Waals surface area contributed by atoms with E-state index >= 15 is 0 Å². The second-order valence-corrected chi connectivity index (χ2v) is 7.21. The van der Waals surface area contributed by atoms with Crippen molar-refractivity contribution in [1.29, 1.82) is 0 Å². The number of rotatable bonds is 8. The summed E-state index contributed by atoms with van der Waals surface area (Å²) in [5.41, 5.74) is 0. The Labute approximate surface area is 128 Å². The van der Waals surface area contributed by atoms with Gasteiger partial charge in [-0.25, -0.2) is 13.1 Å². The van der Waals surface area contributed by atoms with E-state index in [1.54, 1.807) is 24.3 Å². The molecule has 120 valence electrons. The zero-order chi connectivity index (χ0) is 16.0. The van der Waals surface area contributed by atoms with Crippen molar-refractivity contribution in [1.82, 2.24) is 9.62 Å². The molecule has 0 aliphatic heterocycles. The molecule has 0 radical (unpaired) electrons. The van der Waals surface area contributed by atoms with E-state index in [1.165, 1.54) is 7.11 Å². The Morgan fingerprint density at radius 3 is 2.24 bits per heavy atom. The molecule has 21 heavy (non-hydrogen) atoms. The maximum Gasteiger partial charge on any atom is 0.244 e. The summed E-state index contributed by atoms with van der Waals surface area (Å²) < 4.78 is 32.4. The summed E-state index contributed by atoms with van der Waals surface area (Å²) >= 11 is 0. The van der Waals surface area contributed by atoms with Crippen LogP contribution < -0.4 is 9.46 Å². The number of methoxy groups -OCH3 is 1. The minimum absolute atomic E-state index is 0.174. The molecule has 0 saturated heterocycles. The number of nitrogens with one attached hydrogen (secondary N) is 1. The molecule has 1 N–H and O–H groups in total. The number of hydrogen-bond acceptors (Lipinski definition) is 4. The summed E-state index contributed by atoms with van der Waals surface area (Å²) in [5, 5.41) is 0. The van der Waals surface area contributed by atoms with Gasteiger partial charge in [-0.2, -0.15) is 0 Å². The first-order chi connectivity index (χ1) is 9.79. The van der Waals surface area contributed by atoms with Crippen LogP contribution in [0.3, 0.4) is 0 Å². The fraction of sp³-hybridized carbons (Fsp3) is 0.600. The van der Waals surface area contributed by atoms with Gasteiger partial charge in [0.1, 0.15) is 10.6 Å². The molecular formula is C15H26N2O3S. The highest BCUT2D eigenvalue weighted by Crippen LogP contribution is 2.22. The predicted octanol–water partition coefficient (Wildman–Crippen LogP) is 2.09. The second kappa shape index (κ2) is 7.77. The quantitative estimate of drug-likeness (QED) is 0.798. The highest BCUT2D eigenvalue weighted by Gasteiger charge is 2.19. The molecule has 0 heterocycles. The Hall–Kier alpha value is -1.11. The third kappa shape index (κ3) is 4.98. The lowest BCUT2D eigenvalue weighted by Gasteiger charge is -2.30. The Kier molecular flexibility index (Phi) is 6.64. The van der Waals surface area contributed by atoms with E-state index in [1.807, 2.05) is 0 Å². The summed E-state index contributed by atoms with van der Waals surface area (Å²) in [6.45, 7) is 9.47. The van der Waals surface area contributed by atoms with E-state index in [2.05, 4.69) is 37.3 Å². The summed E-state index contributed by atoms with van der Waals surface area (Å²) in [5.74, 6) is 0.356. The van der Waals surface area contributed by atoms with Crippen molar-refractivity contribution in [3.63, 3.8) is 0 Å². The number of hydrogen-bond donors (Lipinski definition) is 1. The van der Waals surface area contributed by atoms with Crippen LogP contribution in [0.2, 0.25) is 0 Å². The summed E-state index contributed by atoms with van der Waals surface area (Å²) in [4.78, 5) is 2.42. The first-order valence-corrected chi connectivity index (χ1v) is 8.66. The molecule has 0 amide bonds. The van der Waals surface area contributed by atoms with E-state index in [0.29, 0.717) is 30.9 Å². The number of sulfonamides is 1. The van der Waals surface area contributed by atoms with Gasteiger partial charge in [-0.3, -0.25) is 4.90 Å². The lowest BCUT2D eigenvalue weighted by atomic mass is 10.2. The summed E-state index contributed by atoms with van der Waals surface area (Å²) in [6.07, 6.45) is 0. The molecule has 0 aliphatic carbocycles. The van der Waals surface area contributed by atoms with Crippen LogP contribution >= 0.6 is 0 Å². The molecule has 0 aromatic heterocycles. The Balaban J connectivity index is 2.74. The monoisotopic (exact) mass is 314 g/mol. The van der Waals surface area contributed by atoms with Crippen LogP contribution in [0.15, 0.2) is 29.2 Å². The number of nitrogens with zero attached hydrogens (tertiary/aromatic N) is 1. The number of ether oxygens (including phenoxy) is 1. The van der Waals surface area contributed by atoms with Crippen LogP contribution in [-0.2, 0) is 10.0 Å². The minimum Gasteiger partial charge on any atom is -0.495 e. The van der Waals surface area contributed by atoms with Crippen LogP contribution in [0, 0.1) is 0 Å². The molecule has 1 aromatic carbocycles. The van der Waals surface area contributed by atoms with Crippen molar-refractivity contribution >= 4 is 10.0 Å². The molecule has 0 saturated carbocycles. The fourth-order valence-electron chi connectivity index (χ4n) is 2.34. The average Bonchev–Trinajstić information content (AvgIpc) is 2.42. The third-order valence-corrected chi connectivity index (χ3v) is 4.85. The van der Waals surface area contributed by atoms with E-state index < -0.39 is 10.0 Å². The first kappa shape index (κ1) is 17.9. The number of benzene rings is 1. The molecule has 1 aromatic rings. The minimum atomic E-state index is -3.55. The molecule has 0 unspecified atom stereocenters. The lowest BCUT2D eigenvalue weighted by Crippen LogP contribution is -2.42. The van der Waals surface area contributed by atoms with Gasteiger partial charge in [-0.15, -0.1) is 0 Å². The summed E-state index contributed by atoms with van der Waals surface area (Å²) in [7, 11) is -2.09. The highest BCUT2D eigenvalue weighted by atomic mass is 32.2. The molecule has 1 rings (SSSR count). The lowest BCUT2D eigenvalue weighted by molar-refractivity contribution is 0.179. The van der Waals surface area contributed by atoms with Crippen LogP contribution in [0.1, 0.15) is 27.7 Å².